The first-order valence-corrected chi connectivity index (χ1v) is 8.29. The minimum Gasteiger partial charge on any atom is -0.494 e. The summed E-state index contributed by atoms with van der Waals surface area (Å²) < 4.78 is 37.9. The lowest BCUT2D eigenvalue weighted by Gasteiger charge is -2.16. The van der Waals surface area contributed by atoms with Gasteiger partial charge >= 0.3 is 0 Å². The Bertz CT molecular complexity index is 1010. The van der Waals surface area contributed by atoms with E-state index in [4.69, 9.17) is 9.26 Å². The molecule has 1 fully saturated rings. The molecule has 1 unspecified atom stereocenters. The van der Waals surface area contributed by atoms with Gasteiger partial charge in [-0.2, -0.15) is 4.98 Å². The minimum atomic E-state index is -0.548. The third-order valence-electron chi connectivity index (χ3n) is 4.48. The molecule has 2 aromatic carbocycles. The predicted molar refractivity (Wildman–Crippen MR) is 92.4 cm³/mol. The fourth-order valence-electron chi connectivity index (χ4n) is 3.10. The molecule has 2 heterocycles. The molecule has 8 heteroatoms. The first kappa shape index (κ1) is 17.1. The molecule has 0 radical (unpaired) electrons. The fraction of sp³-hybridized carbons (Fsp3) is 0.211. The van der Waals surface area contributed by atoms with Gasteiger partial charge in [-0.25, -0.2) is 8.78 Å². The van der Waals surface area contributed by atoms with Gasteiger partial charge in [-0.3, -0.25) is 4.79 Å². The zero-order valence-corrected chi connectivity index (χ0v) is 14.4. The molecule has 0 N–H and O–H groups in total. The number of carbonyl (C=O) groups is 1. The van der Waals surface area contributed by atoms with E-state index in [1.165, 1.54) is 30.2 Å². The Morgan fingerprint density at radius 3 is 2.74 bits per heavy atom. The van der Waals surface area contributed by atoms with Crippen LogP contribution in [0.2, 0.25) is 0 Å². The molecule has 1 amide bonds. The normalized spacial score (nSPS) is 16.8. The summed E-state index contributed by atoms with van der Waals surface area (Å²) in [6.45, 7) is 0.279. The van der Waals surface area contributed by atoms with Crippen molar-refractivity contribution < 1.29 is 22.8 Å². The maximum atomic E-state index is 13.9. The second-order valence-corrected chi connectivity index (χ2v) is 6.16. The van der Waals surface area contributed by atoms with E-state index < -0.39 is 11.6 Å². The average molecular weight is 371 g/mol. The van der Waals surface area contributed by atoms with Crippen molar-refractivity contribution in [1.29, 1.82) is 0 Å². The van der Waals surface area contributed by atoms with Gasteiger partial charge in [-0.15, -0.1) is 0 Å². The molecule has 6 nitrogen and oxygen atoms in total. The van der Waals surface area contributed by atoms with E-state index in [0.29, 0.717) is 11.5 Å². The number of hydrogen-bond acceptors (Lipinski definition) is 5. The standard InChI is InChI=1S/C19H15F2N3O3/c1-26-16-7-6-12(9-15(16)21)24-10-11(8-17(24)25)18-22-19(27-23-18)13-4-2-3-5-14(13)20/h2-7,9,11H,8,10H2,1H3. The number of halogens is 2. The zero-order chi connectivity index (χ0) is 19.0. The summed E-state index contributed by atoms with van der Waals surface area (Å²) in [4.78, 5) is 18.1. The number of ether oxygens (including phenoxy) is 1. The van der Waals surface area contributed by atoms with Gasteiger partial charge in [0, 0.05) is 30.6 Å². The molecule has 1 saturated heterocycles. The van der Waals surface area contributed by atoms with Gasteiger partial charge in [0.05, 0.1) is 12.7 Å². The largest absolute Gasteiger partial charge is 0.494 e. The topological polar surface area (TPSA) is 68.5 Å². The summed E-state index contributed by atoms with van der Waals surface area (Å²) in [6.07, 6.45) is 0.157. The Morgan fingerprint density at radius 2 is 2.00 bits per heavy atom. The summed E-state index contributed by atoms with van der Waals surface area (Å²) >= 11 is 0. The van der Waals surface area contributed by atoms with Gasteiger partial charge in [-0.05, 0) is 24.3 Å². The lowest BCUT2D eigenvalue weighted by Crippen LogP contribution is -2.24. The predicted octanol–water partition coefficient (Wildman–Crippen LogP) is 3.54. The molecule has 4 rings (SSSR count). The van der Waals surface area contributed by atoms with E-state index >= 15 is 0 Å². The van der Waals surface area contributed by atoms with Crippen LogP contribution in [0.5, 0.6) is 5.75 Å². The van der Waals surface area contributed by atoms with Crippen LogP contribution in [0.3, 0.4) is 0 Å². The summed E-state index contributed by atoms with van der Waals surface area (Å²) in [5.74, 6) is -1.04. The van der Waals surface area contributed by atoms with E-state index in [1.54, 1.807) is 24.3 Å². The van der Waals surface area contributed by atoms with E-state index in [0.717, 1.165) is 0 Å². The van der Waals surface area contributed by atoms with Crippen molar-refractivity contribution >= 4 is 11.6 Å². The maximum Gasteiger partial charge on any atom is 0.260 e. The Hall–Kier alpha value is -3.29. The highest BCUT2D eigenvalue weighted by Gasteiger charge is 2.35. The van der Waals surface area contributed by atoms with Crippen molar-refractivity contribution in [2.45, 2.75) is 12.3 Å². The molecule has 3 aromatic rings. The van der Waals surface area contributed by atoms with Crippen LogP contribution in [0, 0.1) is 11.6 Å². The third-order valence-corrected chi connectivity index (χ3v) is 4.48. The fourth-order valence-corrected chi connectivity index (χ4v) is 3.10. The molecular formula is C19H15F2N3O3. The van der Waals surface area contributed by atoms with E-state index in [9.17, 15) is 13.6 Å². The second kappa shape index (κ2) is 6.79. The highest BCUT2D eigenvalue weighted by atomic mass is 19.1. The SMILES string of the molecule is COc1ccc(N2CC(c3noc(-c4ccccc4F)n3)CC2=O)cc1F. The van der Waals surface area contributed by atoms with E-state index in [-0.39, 0.29) is 42.0 Å². The molecule has 1 aliphatic rings. The van der Waals surface area contributed by atoms with Gasteiger partial charge in [0.15, 0.2) is 17.4 Å². The van der Waals surface area contributed by atoms with Crippen LogP contribution in [0.15, 0.2) is 47.0 Å². The molecule has 0 spiro atoms. The molecule has 1 atom stereocenters. The summed E-state index contributed by atoms with van der Waals surface area (Å²) in [5, 5.41) is 3.90. The van der Waals surface area contributed by atoms with Gasteiger partial charge < -0.3 is 14.2 Å². The Balaban J connectivity index is 1.56. The smallest absolute Gasteiger partial charge is 0.260 e. The monoisotopic (exact) mass is 371 g/mol. The number of nitrogens with zero attached hydrogens (tertiary/aromatic N) is 3. The molecule has 1 aromatic heterocycles. The van der Waals surface area contributed by atoms with Gasteiger partial charge in [0.1, 0.15) is 5.82 Å². The van der Waals surface area contributed by atoms with Crippen molar-refractivity contribution in [2.75, 3.05) is 18.6 Å². The van der Waals surface area contributed by atoms with Gasteiger partial charge in [0.25, 0.3) is 5.89 Å². The van der Waals surface area contributed by atoms with Crippen LogP contribution in [0.1, 0.15) is 18.2 Å². The summed E-state index contributed by atoms with van der Waals surface area (Å²) in [6, 6.07) is 10.4. The molecule has 27 heavy (non-hydrogen) atoms. The number of carbonyl (C=O) groups excluding carboxylic acids is 1. The molecule has 0 aliphatic carbocycles. The number of aromatic nitrogens is 2. The number of rotatable bonds is 4. The number of amides is 1. The van der Waals surface area contributed by atoms with Crippen molar-refractivity contribution in [3.05, 3.63) is 59.9 Å². The lowest BCUT2D eigenvalue weighted by atomic mass is 10.1. The van der Waals surface area contributed by atoms with Crippen molar-refractivity contribution in [3.8, 4) is 17.2 Å². The molecule has 1 aliphatic heterocycles. The summed E-state index contributed by atoms with van der Waals surface area (Å²) in [5.41, 5.74) is 0.633. The highest BCUT2D eigenvalue weighted by molar-refractivity contribution is 5.96. The zero-order valence-electron chi connectivity index (χ0n) is 14.4. The number of anilines is 1. The minimum absolute atomic E-state index is 0.0597. The quantitative estimate of drug-likeness (QED) is 0.702. The van der Waals surface area contributed by atoms with Crippen molar-refractivity contribution in [1.82, 2.24) is 10.1 Å². The van der Waals surface area contributed by atoms with Crippen molar-refractivity contribution in [3.63, 3.8) is 0 Å². The van der Waals surface area contributed by atoms with Crippen LogP contribution in [-0.2, 0) is 4.79 Å². The summed E-state index contributed by atoms with van der Waals surface area (Å²) in [7, 11) is 1.37. The Labute approximate surface area is 153 Å². The number of hydrogen-bond donors (Lipinski definition) is 0. The van der Waals surface area contributed by atoms with Gasteiger partial charge in [0.2, 0.25) is 5.91 Å². The molecular weight excluding hydrogens is 356 g/mol. The molecule has 0 saturated carbocycles. The first-order chi connectivity index (χ1) is 13.1. The van der Waals surface area contributed by atoms with Crippen LogP contribution >= 0.6 is 0 Å². The molecule has 138 valence electrons. The van der Waals surface area contributed by atoms with Crippen LogP contribution in [0.25, 0.3) is 11.5 Å². The van der Waals surface area contributed by atoms with Crippen molar-refractivity contribution in [2.24, 2.45) is 0 Å². The first-order valence-electron chi connectivity index (χ1n) is 8.29. The van der Waals surface area contributed by atoms with Crippen LogP contribution in [-0.4, -0.2) is 29.7 Å². The highest BCUT2D eigenvalue weighted by Crippen LogP contribution is 2.33. The second-order valence-electron chi connectivity index (χ2n) is 6.16. The lowest BCUT2D eigenvalue weighted by molar-refractivity contribution is -0.117. The Kier molecular flexibility index (Phi) is 4.31. The number of benzene rings is 2. The van der Waals surface area contributed by atoms with E-state index in [2.05, 4.69) is 10.1 Å². The van der Waals surface area contributed by atoms with Gasteiger partial charge in [-0.1, -0.05) is 17.3 Å². The Morgan fingerprint density at radius 1 is 1.19 bits per heavy atom. The molecule has 0 bridgehead atoms. The van der Waals surface area contributed by atoms with Crippen LogP contribution in [0.4, 0.5) is 14.5 Å². The van der Waals surface area contributed by atoms with Crippen LogP contribution < -0.4 is 9.64 Å². The maximum absolute atomic E-state index is 13.9. The average Bonchev–Trinajstić information content (AvgIpc) is 3.29. The third kappa shape index (κ3) is 3.14. The number of methoxy groups -OCH3 is 1. The van der Waals surface area contributed by atoms with E-state index in [1.807, 2.05) is 0 Å².